The van der Waals surface area contributed by atoms with Gasteiger partial charge < -0.3 is 20.0 Å². The fraction of sp³-hybridized carbons (Fsp3) is 0.389. The normalized spacial score (nSPS) is 15.4. The van der Waals surface area contributed by atoms with Gasteiger partial charge in [-0.2, -0.15) is 21.4 Å². The van der Waals surface area contributed by atoms with Crippen LogP contribution in [0.3, 0.4) is 0 Å². The average Bonchev–Trinajstić information content (AvgIpc) is 3.69. The van der Waals surface area contributed by atoms with E-state index >= 15 is 0 Å². The Balaban J connectivity index is 1.43. The maximum atomic E-state index is 12.9. The lowest BCUT2D eigenvalue weighted by molar-refractivity contribution is -0.669. The van der Waals surface area contributed by atoms with Crippen molar-refractivity contribution in [3.63, 3.8) is 0 Å². The number of hydrogen-bond donors (Lipinski definition) is 4. The number of fused-ring (bicyclic) bond motifs is 2. The van der Waals surface area contributed by atoms with Crippen molar-refractivity contribution < 1.29 is 58.8 Å². The van der Waals surface area contributed by atoms with E-state index in [4.69, 9.17) is 4.84 Å². The summed E-state index contributed by atoms with van der Waals surface area (Å²) in [6.07, 6.45) is 7.89. The Labute approximate surface area is 330 Å². The third-order valence-electron chi connectivity index (χ3n) is 9.42. The van der Waals surface area contributed by atoms with E-state index < -0.39 is 59.2 Å². The first-order chi connectivity index (χ1) is 26.1. The molecular weight excluding hydrogens is 809 g/mol. The number of carbonyl (C=O) groups excluding carboxylic acids is 1. The molecule has 0 bridgehead atoms. The molecule has 16 nitrogen and oxygen atoms in total. The molecular formula is C36H45N4O12S4+. The summed E-state index contributed by atoms with van der Waals surface area (Å²) in [5.41, 5.74) is 2.24. The number of aromatic nitrogens is 2. The van der Waals surface area contributed by atoms with Crippen molar-refractivity contribution in [1.82, 2.24) is 9.04 Å². The maximum absolute atomic E-state index is 12.9. The third-order valence-corrected chi connectivity index (χ3v) is 14.0. The minimum Gasteiger partial charge on any atom is -0.492 e. The Morgan fingerprint density at radius 1 is 0.893 bits per heavy atom. The first-order valence-electron chi connectivity index (χ1n) is 17.5. The fourth-order valence-electron chi connectivity index (χ4n) is 6.50. The summed E-state index contributed by atoms with van der Waals surface area (Å²) >= 11 is 1.35. The Morgan fingerprint density at radius 3 is 2.21 bits per heavy atom. The van der Waals surface area contributed by atoms with Gasteiger partial charge in [-0.15, -0.1) is 4.73 Å². The number of carbonyl (C=O) groups is 1. The molecule has 56 heavy (non-hydrogen) atoms. The van der Waals surface area contributed by atoms with Gasteiger partial charge >= 0.3 is 5.97 Å². The monoisotopic (exact) mass is 853 g/mol. The van der Waals surface area contributed by atoms with Gasteiger partial charge in [0, 0.05) is 74.6 Å². The van der Waals surface area contributed by atoms with Crippen molar-refractivity contribution in [2.45, 2.75) is 74.1 Å². The molecule has 0 amide bonds. The van der Waals surface area contributed by atoms with Crippen LogP contribution in [-0.4, -0.2) is 86.0 Å². The van der Waals surface area contributed by atoms with Crippen LogP contribution in [-0.2, 0) is 47.0 Å². The van der Waals surface area contributed by atoms with Gasteiger partial charge in [-0.1, -0.05) is 37.7 Å². The van der Waals surface area contributed by atoms with Gasteiger partial charge in [-0.3, -0.25) is 9.11 Å². The number of benzene rings is 2. The van der Waals surface area contributed by atoms with E-state index in [1.54, 1.807) is 18.2 Å². The van der Waals surface area contributed by atoms with Crippen molar-refractivity contribution >= 4 is 69.5 Å². The van der Waals surface area contributed by atoms with Gasteiger partial charge in [-0.25, -0.2) is 17.5 Å². The average molecular weight is 854 g/mol. The smallest absolute Gasteiger partial charge is 0.333 e. The standard InChI is InChI=1S/C36H44N4O12S4/c1-36(2)27-23-26(56(49,50)51)15-16-28(27)38(20-7-5-6-13-35(43)52-40-32(41)18-19-33(40)42)31(36)11-10-12-34-39(21-8-9-22-54(44,45)46)29-17-14-25(24-30(29)53-34)55(47,48)37(3)4/h10-12,14-19,23-24H,5-9,13,20-22H2,1-4H3,(H3-,41,42,44,45,46,49,50,51)/p+1. The number of sulfonamides is 1. The predicted molar refractivity (Wildman–Crippen MR) is 210 cm³/mol. The summed E-state index contributed by atoms with van der Waals surface area (Å²) in [5, 5.41) is 20.2. The van der Waals surface area contributed by atoms with E-state index in [0.29, 0.717) is 53.8 Å². The molecule has 0 atom stereocenters. The van der Waals surface area contributed by atoms with Crippen molar-refractivity contribution in [2.75, 3.05) is 31.3 Å². The van der Waals surface area contributed by atoms with Crippen LogP contribution in [0, 0.1) is 0 Å². The summed E-state index contributed by atoms with van der Waals surface area (Å²) in [6.45, 7) is 4.73. The lowest BCUT2D eigenvalue weighted by Gasteiger charge is -2.27. The molecule has 1 aliphatic rings. The summed E-state index contributed by atoms with van der Waals surface area (Å²) in [7, 11) is -9.45. The third kappa shape index (κ3) is 9.61. The fourth-order valence-corrected chi connectivity index (χ4v) is 9.72. The minimum atomic E-state index is -4.49. The highest BCUT2D eigenvalue weighted by Gasteiger charge is 2.40. The zero-order valence-electron chi connectivity index (χ0n) is 31.2. The van der Waals surface area contributed by atoms with Gasteiger partial charge in [0.2, 0.25) is 27.3 Å². The van der Waals surface area contributed by atoms with Crippen LogP contribution in [0.1, 0.15) is 62.9 Å². The molecule has 4 aromatic rings. The molecule has 2 aromatic heterocycles. The molecule has 0 saturated carbocycles. The molecule has 0 aliphatic carbocycles. The minimum absolute atomic E-state index is 0.0237. The van der Waals surface area contributed by atoms with Crippen LogP contribution in [0.4, 0.5) is 5.69 Å². The predicted octanol–water partition coefficient (Wildman–Crippen LogP) is 4.48. The molecule has 20 heteroatoms. The Morgan fingerprint density at radius 2 is 1.57 bits per heavy atom. The highest BCUT2D eigenvalue weighted by Crippen LogP contribution is 2.48. The van der Waals surface area contributed by atoms with Crippen LogP contribution in [0.2, 0.25) is 0 Å². The highest BCUT2D eigenvalue weighted by atomic mass is 32.2. The van der Waals surface area contributed by atoms with Gasteiger partial charge in [-0.05, 0) is 61.2 Å². The number of unbranched alkanes of at least 4 members (excludes halogenated alkanes) is 3. The lowest BCUT2D eigenvalue weighted by Crippen LogP contribution is -2.35. The first kappa shape index (κ1) is 42.8. The first-order valence-corrected chi connectivity index (χ1v) is 22.8. The molecule has 3 heterocycles. The van der Waals surface area contributed by atoms with Gasteiger partial charge in [0.25, 0.3) is 25.2 Å². The SMILES string of the molecule is CN(C)S(=O)(=O)c1ccc2c(c1)sc(C=CC=C1N(CCCCCC(=O)On3c(O)ccc3O)c3ccc(S(=O)(=O)O)cc3C1(C)C)[n+]2CCCCS(=O)(=O)O. The van der Waals surface area contributed by atoms with Gasteiger partial charge in [0.05, 0.1) is 15.5 Å². The van der Waals surface area contributed by atoms with Crippen molar-refractivity contribution in [1.29, 1.82) is 0 Å². The Kier molecular flexibility index (Phi) is 12.7. The number of anilines is 1. The lowest BCUT2D eigenvalue weighted by atomic mass is 9.83. The number of aryl methyl sites for hydroxylation is 1. The second-order valence-electron chi connectivity index (χ2n) is 14.0. The number of nitrogens with zero attached hydrogens (tertiary/aromatic N) is 4. The molecule has 0 radical (unpaired) electrons. The zero-order chi connectivity index (χ0) is 41.2. The number of rotatable bonds is 17. The second kappa shape index (κ2) is 16.7. The molecule has 304 valence electrons. The molecule has 0 saturated heterocycles. The van der Waals surface area contributed by atoms with E-state index in [2.05, 4.69) is 0 Å². The maximum Gasteiger partial charge on any atom is 0.333 e. The van der Waals surface area contributed by atoms with Crippen LogP contribution in [0.25, 0.3) is 16.3 Å². The summed E-state index contributed by atoms with van der Waals surface area (Å²) in [6, 6.07) is 11.6. The Bertz CT molecular complexity index is 2500. The Hall–Kier alpha value is -4.31. The van der Waals surface area contributed by atoms with Gasteiger partial charge in [0.1, 0.15) is 4.70 Å². The second-order valence-corrected chi connectivity index (χ2v) is 20.2. The van der Waals surface area contributed by atoms with E-state index in [0.717, 1.165) is 26.2 Å². The van der Waals surface area contributed by atoms with E-state index in [9.17, 15) is 49.4 Å². The molecule has 5 rings (SSSR count). The van der Waals surface area contributed by atoms with Crippen LogP contribution in [0.15, 0.2) is 76.2 Å². The van der Waals surface area contributed by atoms with Gasteiger partial charge in [0.15, 0.2) is 6.54 Å². The quantitative estimate of drug-likeness (QED) is 0.0654. The number of allylic oxidation sites excluding steroid dienone is 3. The van der Waals surface area contributed by atoms with Crippen molar-refractivity contribution in [2.24, 2.45) is 0 Å². The molecule has 4 N–H and O–H groups in total. The summed E-state index contributed by atoms with van der Waals surface area (Å²) < 4.78 is 96.2. The highest BCUT2D eigenvalue weighted by molar-refractivity contribution is 7.89. The van der Waals surface area contributed by atoms with Crippen LogP contribution >= 0.6 is 11.3 Å². The molecule has 2 aromatic carbocycles. The molecule has 1 aliphatic heterocycles. The van der Waals surface area contributed by atoms with Crippen LogP contribution < -0.4 is 14.3 Å². The molecule has 0 fully saturated rings. The topological polar surface area (TPSA) is 225 Å². The van der Waals surface area contributed by atoms with Crippen LogP contribution in [0.5, 0.6) is 11.8 Å². The summed E-state index contributed by atoms with van der Waals surface area (Å²) in [4.78, 5) is 19.3. The van der Waals surface area contributed by atoms with Crippen molar-refractivity contribution in [3.8, 4) is 11.8 Å². The zero-order valence-corrected chi connectivity index (χ0v) is 34.5. The largest absolute Gasteiger partial charge is 0.492 e. The van der Waals surface area contributed by atoms with E-state index in [1.807, 2.05) is 41.5 Å². The summed E-state index contributed by atoms with van der Waals surface area (Å²) in [5.74, 6) is -1.87. The molecule has 0 spiro atoms. The van der Waals surface area contributed by atoms with Crippen molar-refractivity contribution in [3.05, 3.63) is 77.0 Å². The van der Waals surface area contributed by atoms with E-state index in [1.165, 1.54) is 55.8 Å². The number of thiazole rings is 1. The molecule has 0 unspecified atom stereocenters. The number of hydrogen-bond acceptors (Lipinski definition) is 12. The number of aromatic hydroxyl groups is 2. The van der Waals surface area contributed by atoms with E-state index in [-0.39, 0.29) is 22.6 Å².